The fraction of sp³-hybridized carbons (Fsp3) is 1.00. The summed E-state index contributed by atoms with van der Waals surface area (Å²) in [4.78, 5) is 2.71. The topological polar surface area (TPSA) is 15.3 Å². The highest BCUT2D eigenvalue weighted by atomic mass is 15.2. The Kier molecular flexibility index (Phi) is 3.82. The van der Waals surface area contributed by atoms with Gasteiger partial charge in [0, 0.05) is 12.1 Å². The van der Waals surface area contributed by atoms with Crippen molar-refractivity contribution in [2.45, 2.75) is 57.5 Å². The first-order chi connectivity index (χ1) is 6.90. The largest absolute Gasteiger partial charge is 0.314 e. The molecule has 0 radical (unpaired) electrons. The molecule has 2 fully saturated rings. The predicted molar refractivity (Wildman–Crippen MR) is 60.5 cm³/mol. The average Bonchev–Trinajstić information content (AvgIpc) is 2.90. The molecule has 0 amide bonds. The summed E-state index contributed by atoms with van der Waals surface area (Å²) in [6.45, 7) is 6.19. The highest BCUT2D eigenvalue weighted by molar-refractivity contribution is 4.85. The number of nitrogens with one attached hydrogen (secondary N) is 1. The van der Waals surface area contributed by atoms with E-state index in [-0.39, 0.29) is 0 Å². The summed E-state index contributed by atoms with van der Waals surface area (Å²) in [5, 5.41) is 3.59. The Morgan fingerprint density at radius 3 is 2.64 bits per heavy atom. The van der Waals surface area contributed by atoms with Gasteiger partial charge in [-0.15, -0.1) is 0 Å². The standard InChI is InChI=1S/C12H24N2/c1-2-9-14(12-5-6-12)10-7-11-4-3-8-13-11/h11-13H,2-10H2,1H3. The third-order valence-electron chi connectivity index (χ3n) is 3.50. The Labute approximate surface area is 88.1 Å². The van der Waals surface area contributed by atoms with E-state index in [4.69, 9.17) is 0 Å². The number of nitrogens with zero attached hydrogens (tertiary/aromatic N) is 1. The van der Waals surface area contributed by atoms with E-state index < -0.39 is 0 Å². The predicted octanol–water partition coefficient (Wildman–Crippen LogP) is 2.00. The van der Waals surface area contributed by atoms with Gasteiger partial charge in [0.2, 0.25) is 0 Å². The smallest absolute Gasteiger partial charge is 0.00964 e. The zero-order valence-electron chi connectivity index (χ0n) is 9.47. The van der Waals surface area contributed by atoms with Crippen LogP contribution in [0.5, 0.6) is 0 Å². The van der Waals surface area contributed by atoms with E-state index in [9.17, 15) is 0 Å². The molecule has 2 rings (SSSR count). The van der Waals surface area contributed by atoms with Gasteiger partial charge in [0.1, 0.15) is 0 Å². The second-order valence-corrected chi connectivity index (χ2v) is 4.85. The fourth-order valence-electron chi connectivity index (χ4n) is 2.53. The van der Waals surface area contributed by atoms with Crippen molar-refractivity contribution < 1.29 is 0 Å². The Hall–Kier alpha value is -0.0800. The van der Waals surface area contributed by atoms with Crippen molar-refractivity contribution in [3.63, 3.8) is 0 Å². The molecule has 0 bridgehead atoms. The molecule has 0 spiro atoms. The highest BCUT2D eigenvalue weighted by Crippen LogP contribution is 2.27. The summed E-state index contributed by atoms with van der Waals surface area (Å²) in [6, 6.07) is 1.78. The van der Waals surface area contributed by atoms with Crippen LogP contribution in [-0.4, -0.2) is 36.6 Å². The Bertz CT molecular complexity index is 160. The van der Waals surface area contributed by atoms with Gasteiger partial charge >= 0.3 is 0 Å². The van der Waals surface area contributed by atoms with Crippen LogP contribution >= 0.6 is 0 Å². The van der Waals surface area contributed by atoms with Gasteiger partial charge in [-0.3, -0.25) is 0 Å². The Morgan fingerprint density at radius 1 is 1.21 bits per heavy atom. The van der Waals surface area contributed by atoms with Gasteiger partial charge < -0.3 is 10.2 Å². The minimum absolute atomic E-state index is 0.827. The third kappa shape index (κ3) is 2.96. The molecule has 1 aliphatic heterocycles. The molecule has 1 aliphatic carbocycles. The minimum atomic E-state index is 0.827. The van der Waals surface area contributed by atoms with Crippen LogP contribution in [0.4, 0.5) is 0 Å². The lowest BCUT2D eigenvalue weighted by Crippen LogP contribution is -2.32. The summed E-state index contributed by atoms with van der Waals surface area (Å²) < 4.78 is 0. The summed E-state index contributed by atoms with van der Waals surface area (Å²) in [7, 11) is 0. The first-order valence-corrected chi connectivity index (χ1v) is 6.37. The molecule has 1 N–H and O–H groups in total. The van der Waals surface area contributed by atoms with Gasteiger partial charge in [-0.2, -0.15) is 0 Å². The number of hydrogen-bond donors (Lipinski definition) is 1. The van der Waals surface area contributed by atoms with Crippen LogP contribution in [0.1, 0.15) is 45.4 Å². The van der Waals surface area contributed by atoms with Crippen molar-refractivity contribution in [3.05, 3.63) is 0 Å². The van der Waals surface area contributed by atoms with Gasteiger partial charge in [0.25, 0.3) is 0 Å². The first kappa shape index (κ1) is 10.4. The number of hydrogen-bond acceptors (Lipinski definition) is 2. The zero-order chi connectivity index (χ0) is 9.80. The van der Waals surface area contributed by atoms with E-state index in [1.165, 1.54) is 58.2 Å². The maximum atomic E-state index is 3.59. The monoisotopic (exact) mass is 196 g/mol. The SMILES string of the molecule is CCCN(CCC1CCCN1)C1CC1. The Balaban J connectivity index is 1.65. The fourth-order valence-corrected chi connectivity index (χ4v) is 2.53. The average molecular weight is 196 g/mol. The summed E-state index contributed by atoms with van der Waals surface area (Å²) in [5.74, 6) is 0. The van der Waals surface area contributed by atoms with Crippen molar-refractivity contribution in [1.29, 1.82) is 0 Å². The molecule has 1 atom stereocenters. The molecule has 0 aromatic heterocycles. The van der Waals surface area contributed by atoms with Crippen molar-refractivity contribution >= 4 is 0 Å². The minimum Gasteiger partial charge on any atom is -0.314 e. The van der Waals surface area contributed by atoms with Gasteiger partial charge in [-0.05, 0) is 58.2 Å². The molecular weight excluding hydrogens is 172 g/mol. The van der Waals surface area contributed by atoms with Crippen LogP contribution in [-0.2, 0) is 0 Å². The molecule has 2 aliphatic rings. The Morgan fingerprint density at radius 2 is 2.07 bits per heavy atom. The lowest BCUT2D eigenvalue weighted by Gasteiger charge is -2.22. The number of rotatable bonds is 6. The molecule has 1 heterocycles. The van der Waals surface area contributed by atoms with E-state index in [1.807, 2.05) is 0 Å². The van der Waals surface area contributed by atoms with Crippen LogP contribution in [0.3, 0.4) is 0 Å². The van der Waals surface area contributed by atoms with E-state index in [1.54, 1.807) is 0 Å². The maximum absolute atomic E-state index is 3.59. The van der Waals surface area contributed by atoms with Crippen molar-refractivity contribution in [3.8, 4) is 0 Å². The van der Waals surface area contributed by atoms with Crippen molar-refractivity contribution in [2.75, 3.05) is 19.6 Å². The molecule has 0 aromatic rings. The van der Waals surface area contributed by atoms with Gasteiger partial charge in [-0.1, -0.05) is 6.92 Å². The van der Waals surface area contributed by atoms with Crippen molar-refractivity contribution in [2.24, 2.45) is 0 Å². The third-order valence-corrected chi connectivity index (χ3v) is 3.50. The van der Waals surface area contributed by atoms with Gasteiger partial charge in [0.05, 0.1) is 0 Å². The van der Waals surface area contributed by atoms with Gasteiger partial charge in [0.15, 0.2) is 0 Å². The van der Waals surface area contributed by atoms with E-state index in [2.05, 4.69) is 17.1 Å². The zero-order valence-corrected chi connectivity index (χ0v) is 9.47. The van der Waals surface area contributed by atoms with E-state index in [0.29, 0.717) is 0 Å². The molecule has 1 saturated heterocycles. The van der Waals surface area contributed by atoms with Crippen LogP contribution in [0, 0.1) is 0 Å². The van der Waals surface area contributed by atoms with Crippen LogP contribution < -0.4 is 5.32 Å². The summed E-state index contributed by atoms with van der Waals surface area (Å²) in [6.07, 6.45) is 8.40. The normalized spacial score (nSPS) is 27.4. The molecule has 1 unspecified atom stereocenters. The molecule has 14 heavy (non-hydrogen) atoms. The quantitative estimate of drug-likeness (QED) is 0.699. The molecule has 1 saturated carbocycles. The molecular formula is C12H24N2. The summed E-state index contributed by atoms with van der Waals surface area (Å²) in [5.41, 5.74) is 0. The van der Waals surface area contributed by atoms with Crippen LogP contribution in [0.2, 0.25) is 0 Å². The lowest BCUT2D eigenvalue weighted by molar-refractivity contribution is 0.250. The molecule has 0 aromatic carbocycles. The highest BCUT2D eigenvalue weighted by Gasteiger charge is 2.28. The van der Waals surface area contributed by atoms with Crippen LogP contribution in [0.15, 0.2) is 0 Å². The summed E-state index contributed by atoms with van der Waals surface area (Å²) >= 11 is 0. The van der Waals surface area contributed by atoms with Crippen molar-refractivity contribution in [1.82, 2.24) is 10.2 Å². The maximum Gasteiger partial charge on any atom is 0.00964 e. The molecule has 2 heteroatoms. The lowest BCUT2D eigenvalue weighted by atomic mass is 10.1. The van der Waals surface area contributed by atoms with E-state index >= 15 is 0 Å². The second-order valence-electron chi connectivity index (χ2n) is 4.85. The first-order valence-electron chi connectivity index (χ1n) is 6.37. The van der Waals surface area contributed by atoms with E-state index in [0.717, 1.165) is 12.1 Å². The molecule has 82 valence electrons. The second kappa shape index (κ2) is 5.13. The van der Waals surface area contributed by atoms with Gasteiger partial charge in [-0.25, -0.2) is 0 Å². The molecule has 2 nitrogen and oxygen atoms in total. The van der Waals surface area contributed by atoms with Crippen LogP contribution in [0.25, 0.3) is 0 Å².